The number of methoxy groups -OCH3 is 1. The van der Waals surface area contributed by atoms with Gasteiger partial charge in [0.25, 0.3) is 5.91 Å². The van der Waals surface area contributed by atoms with E-state index in [1.165, 1.54) is 19.4 Å². The molecule has 0 fully saturated rings. The Kier molecular flexibility index (Phi) is 8.89. The van der Waals surface area contributed by atoms with Gasteiger partial charge in [-0.25, -0.2) is 9.82 Å². The second-order valence-corrected chi connectivity index (χ2v) is 8.74. The first kappa shape index (κ1) is 25.9. The van der Waals surface area contributed by atoms with E-state index in [0.717, 1.165) is 5.56 Å². The number of para-hydroxylation sites is 1. The van der Waals surface area contributed by atoms with Crippen LogP contribution in [0, 0.1) is 5.82 Å². The molecule has 0 radical (unpaired) electrons. The number of nitrogens with zero attached hydrogens (tertiary/aromatic N) is 1. The molecule has 0 atom stereocenters. The summed E-state index contributed by atoms with van der Waals surface area (Å²) in [7, 11) is 1.51. The number of ether oxygens (including phenoxy) is 3. The highest BCUT2D eigenvalue weighted by molar-refractivity contribution is 9.10. The summed E-state index contributed by atoms with van der Waals surface area (Å²) in [5.41, 5.74) is 4.97. The van der Waals surface area contributed by atoms with Crippen molar-refractivity contribution < 1.29 is 23.4 Å². The first-order valence-corrected chi connectivity index (χ1v) is 12.2. The van der Waals surface area contributed by atoms with Crippen LogP contribution in [-0.4, -0.2) is 19.2 Å². The van der Waals surface area contributed by atoms with Crippen LogP contribution < -0.4 is 19.6 Å². The smallest absolute Gasteiger partial charge is 0.275 e. The van der Waals surface area contributed by atoms with Crippen LogP contribution in [-0.2, 0) is 13.2 Å². The third-order valence-electron chi connectivity index (χ3n) is 5.33. The molecule has 0 aromatic heterocycles. The molecule has 0 unspecified atom stereocenters. The molecule has 6 nitrogen and oxygen atoms in total. The van der Waals surface area contributed by atoms with Crippen LogP contribution in [0.2, 0.25) is 0 Å². The molecular formula is C29H24BrFN2O4. The summed E-state index contributed by atoms with van der Waals surface area (Å²) in [4.78, 5) is 12.8. The minimum absolute atomic E-state index is 0.0386. The number of hydrazone groups is 1. The zero-order valence-electron chi connectivity index (χ0n) is 20.0. The Labute approximate surface area is 222 Å². The normalized spacial score (nSPS) is 10.8. The van der Waals surface area contributed by atoms with Gasteiger partial charge >= 0.3 is 0 Å². The monoisotopic (exact) mass is 562 g/mol. The molecule has 8 heteroatoms. The summed E-state index contributed by atoms with van der Waals surface area (Å²) in [6, 6.07) is 26.5. The van der Waals surface area contributed by atoms with Gasteiger partial charge in [0.2, 0.25) is 0 Å². The van der Waals surface area contributed by atoms with Crippen LogP contribution in [0.3, 0.4) is 0 Å². The zero-order chi connectivity index (χ0) is 26.0. The first-order valence-electron chi connectivity index (χ1n) is 11.4. The number of carbonyl (C=O) groups is 1. The topological polar surface area (TPSA) is 69.2 Å². The predicted octanol–water partition coefficient (Wildman–Crippen LogP) is 6.52. The van der Waals surface area contributed by atoms with Crippen molar-refractivity contribution in [2.45, 2.75) is 13.2 Å². The second-order valence-electron chi connectivity index (χ2n) is 7.88. The van der Waals surface area contributed by atoms with E-state index in [4.69, 9.17) is 14.2 Å². The largest absolute Gasteiger partial charge is 0.493 e. The quantitative estimate of drug-likeness (QED) is 0.176. The molecule has 0 spiro atoms. The van der Waals surface area contributed by atoms with Crippen LogP contribution in [0.25, 0.3) is 0 Å². The highest BCUT2D eigenvalue weighted by Gasteiger charge is 2.14. The standard InChI is InChI=1S/C29H24BrFN2O4/c1-35-27-16-21(15-24(30)28(27)37-19-22-11-5-7-13-25(22)31)17-32-33-29(34)23-12-6-8-14-26(23)36-18-20-9-3-2-4-10-20/h2-17H,18-19H2,1H3,(H,33,34)/b32-17+. The van der Waals surface area contributed by atoms with Crippen LogP contribution in [0.5, 0.6) is 17.2 Å². The summed E-state index contributed by atoms with van der Waals surface area (Å²) in [6.07, 6.45) is 1.49. The Morgan fingerprint density at radius 1 is 0.919 bits per heavy atom. The average molecular weight is 563 g/mol. The summed E-state index contributed by atoms with van der Waals surface area (Å²) < 4.78 is 31.6. The van der Waals surface area contributed by atoms with E-state index in [1.54, 1.807) is 54.6 Å². The molecule has 1 amide bonds. The Balaban J connectivity index is 1.41. The van der Waals surface area contributed by atoms with Crippen molar-refractivity contribution in [2.24, 2.45) is 5.10 Å². The molecule has 4 aromatic carbocycles. The zero-order valence-corrected chi connectivity index (χ0v) is 21.6. The first-order chi connectivity index (χ1) is 18.0. The lowest BCUT2D eigenvalue weighted by Crippen LogP contribution is -2.18. The number of rotatable bonds is 10. The fraction of sp³-hybridized carbons (Fsp3) is 0.103. The third kappa shape index (κ3) is 6.95. The second kappa shape index (κ2) is 12.7. The van der Waals surface area contributed by atoms with Crippen molar-refractivity contribution in [3.8, 4) is 17.2 Å². The summed E-state index contributed by atoms with van der Waals surface area (Å²) in [5, 5.41) is 4.08. The van der Waals surface area contributed by atoms with Gasteiger partial charge in [0.05, 0.1) is 23.4 Å². The molecule has 4 aromatic rings. The van der Waals surface area contributed by atoms with Gasteiger partial charge in [-0.05, 0) is 57.4 Å². The van der Waals surface area contributed by atoms with E-state index < -0.39 is 5.91 Å². The van der Waals surface area contributed by atoms with Gasteiger partial charge in [-0.15, -0.1) is 0 Å². The van der Waals surface area contributed by atoms with E-state index >= 15 is 0 Å². The van der Waals surface area contributed by atoms with Crippen molar-refractivity contribution in [1.82, 2.24) is 5.43 Å². The maximum absolute atomic E-state index is 13.9. The molecule has 37 heavy (non-hydrogen) atoms. The molecule has 0 saturated heterocycles. The summed E-state index contributed by atoms with van der Waals surface area (Å²) in [5.74, 6) is 0.564. The number of halogens is 2. The van der Waals surface area contributed by atoms with Gasteiger partial charge in [0.1, 0.15) is 24.8 Å². The third-order valence-corrected chi connectivity index (χ3v) is 5.92. The lowest BCUT2D eigenvalue weighted by atomic mass is 10.2. The van der Waals surface area contributed by atoms with Gasteiger partial charge in [-0.3, -0.25) is 4.79 Å². The van der Waals surface area contributed by atoms with Gasteiger partial charge in [0, 0.05) is 5.56 Å². The number of hydrogen-bond acceptors (Lipinski definition) is 5. The van der Waals surface area contributed by atoms with E-state index in [9.17, 15) is 9.18 Å². The number of nitrogens with one attached hydrogen (secondary N) is 1. The molecule has 0 aliphatic heterocycles. The van der Waals surface area contributed by atoms with Crippen LogP contribution in [0.1, 0.15) is 27.0 Å². The van der Waals surface area contributed by atoms with E-state index in [2.05, 4.69) is 26.5 Å². The fourth-order valence-electron chi connectivity index (χ4n) is 3.46. The Bertz CT molecular complexity index is 1400. The van der Waals surface area contributed by atoms with Gasteiger partial charge < -0.3 is 14.2 Å². The minimum atomic E-state index is -0.407. The predicted molar refractivity (Wildman–Crippen MR) is 144 cm³/mol. The summed E-state index contributed by atoms with van der Waals surface area (Å²) in [6.45, 7) is 0.379. The van der Waals surface area contributed by atoms with Crippen molar-refractivity contribution in [1.29, 1.82) is 0 Å². The van der Waals surface area contributed by atoms with E-state index in [-0.39, 0.29) is 12.4 Å². The molecule has 0 aliphatic rings. The van der Waals surface area contributed by atoms with E-state index in [0.29, 0.717) is 45.0 Å². The van der Waals surface area contributed by atoms with Crippen molar-refractivity contribution in [2.75, 3.05) is 7.11 Å². The molecule has 0 aliphatic carbocycles. The number of benzene rings is 4. The van der Waals surface area contributed by atoms with Gasteiger partial charge in [0.15, 0.2) is 11.5 Å². The van der Waals surface area contributed by atoms with E-state index in [1.807, 2.05) is 30.3 Å². The molecular weight excluding hydrogens is 539 g/mol. The Hall–Kier alpha value is -4.17. The lowest BCUT2D eigenvalue weighted by molar-refractivity contribution is 0.0950. The van der Waals surface area contributed by atoms with Crippen LogP contribution in [0.15, 0.2) is 101 Å². The number of hydrogen-bond donors (Lipinski definition) is 1. The number of amides is 1. The van der Waals surface area contributed by atoms with Crippen molar-refractivity contribution >= 4 is 28.1 Å². The molecule has 4 rings (SSSR count). The fourth-order valence-corrected chi connectivity index (χ4v) is 4.04. The van der Waals surface area contributed by atoms with Crippen LogP contribution >= 0.6 is 15.9 Å². The van der Waals surface area contributed by atoms with Crippen molar-refractivity contribution in [3.05, 3.63) is 124 Å². The highest BCUT2D eigenvalue weighted by atomic mass is 79.9. The van der Waals surface area contributed by atoms with Crippen LogP contribution in [0.4, 0.5) is 4.39 Å². The molecule has 0 bridgehead atoms. The maximum atomic E-state index is 13.9. The SMILES string of the molecule is COc1cc(/C=N/NC(=O)c2ccccc2OCc2ccccc2)cc(Br)c1OCc1ccccc1F. The maximum Gasteiger partial charge on any atom is 0.275 e. The minimum Gasteiger partial charge on any atom is -0.493 e. The lowest BCUT2D eigenvalue weighted by Gasteiger charge is -2.14. The highest BCUT2D eigenvalue weighted by Crippen LogP contribution is 2.37. The van der Waals surface area contributed by atoms with Gasteiger partial charge in [-0.2, -0.15) is 5.10 Å². The molecule has 0 heterocycles. The van der Waals surface area contributed by atoms with Gasteiger partial charge in [-0.1, -0.05) is 60.7 Å². The average Bonchev–Trinajstić information content (AvgIpc) is 2.92. The molecule has 188 valence electrons. The Morgan fingerprint density at radius 3 is 2.43 bits per heavy atom. The number of carbonyl (C=O) groups excluding carboxylic acids is 1. The molecule has 1 N–H and O–H groups in total. The summed E-state index contributed by atoms with van der Waals surface area (Å²) >= 11 is 3.47. The van der Waals surface area contributed by atoms with Crippen molar-refractivity contribution in [3.63, 3.8) is 0 Å². The molecule has 0 saturated carbocycles. The Morgan fingerprint density at radius 2 is 1.65 bits per heavy atom.